The van der Waals surface area contributed by atoms with E-state index in [1.165, 1.54) is 24.3 Å². The molecule has 0 aliphatic heterocycles. The molecule has 0 spiro atoms. The van der Waals surface area contributed by atoms with Crippen LogP contribution in [0.5, 0.6) is 0 Å². The largest absolute Gasteiger partial charge is 0.295 e. The van der Waals surface area contributed by atoms with Gasteiger partial charge in [0.05, 0.1) is 6.54 Å². The molecule has 0 aromatic heterocycles. The number of amides is 2. The van der Waals surface area contributed by atoms with Crippen LogP contribution in [0.4, 0.5) is 4.39 Å². The van der Waals surface area contributed by atoms with E-state index in [9.17, 15) is 14.0 Å². The Balaban J connectivity index is 2.42. The number of hydrogen-bond acceptors (Lipinski definition) is 3. The van der Waals surface area contributed by atoms with Crippen molar-refractivity contribution in [2.75, 3.05) is 13.6 Å². The quantitative estimate of drug-likeness (QED) is 0.798. The van der Waals surface area contributed by atoms with Crippen LogP contribution in [0, 0.1) is 5.82 Å². The van der Waals surface area contributed by atoms with Gasteiger partial charge in [0.1, 0.15) is 5.82 Å². The van der Waals surface area contributed by atoms with Crippen molar-refractivity contribution in [3.8, 4) is 0 Å². The molecule has 104 valence electrons. The monoisotopic (exact) mass is 267 g/mol. The van der Waals surface area contributed by atoms with E-state index in [0.29, 0.717) is 0 Å². The van der Waals surface area contributed by atoms with Gasteiger partial charge >= 0.3 is 0 Å². The molecule has 0 heterocycles. The molecule has 1 aromatic carbocycles. The number of nitrogens with one attached hydrogen (secondary N) is 2. The molecule has 0 aliphatic rings. The summed E-state index contributed by atoms with van der Waals surface area (Å²) in [6.07, 6.45) is 0. The molecule has 1 rings (SSSR count). The molecule has 6 heteroatoms. The third-order valence-electron chi connectivity index (χ3n) is 2.70. The molecule has 0 fully saturated rings. The van der Waals surface area contributed by atoms with Crippen LogP contribution in [0.25, 0.3) is 0 Å². The molecule has 0 bridgehead atoms. The second-order valence-electron chi connectivity index (χ2n) is 4.52. The van der Waals surface area contributed by atoms with Crippen LogP contribution in [0.3, 0.4) is 0 Å². The average molecular weight is 267 g/mol. The van der Waals surface area contributed by atoms with Crippen molar-refractivity contribution in [3.05, 3.63) is 35.6 Å². The van der Waals surface area contributed by atoms with Crippen molar-refractivity contribution < 1.29 is 14.0 Å². The first kappa shape index (κ1) is 15.1. The lowest BCUT2D eigenvalue weighted by Gasteiger charge is -2.20. The molecule has 0 aliphatic carbocycles. The molecule has 5 nitrogen and oxygen atoms in total. The van der Waals surface area contributed by atoms with Gasteiger partial charge in [-0.05, 0) is 45.2 Å². The average Bonchev–Trinajstić information content (AvgIpc) is 2.36. The predicted molar refractivity (Wildman–Crippen MR) is 69.8 cm³/mol. The summed E-state index contributed by atoms with van der Waals surface area (Å²) in [5, 5.41) is 0. The minimum Gasteiger partial charge on any atom is -0.295 e. The standard InChI is InChI=1S/C13H18FN3O2/c1-9(2)17(3)8-12(18)15-16-13(19)10-4-6-11(14)7-5-10/h4-7,9H,8H2,1-3H3,(H,15,18)(H,16,19). The molecular weight excluding hydrogens is 249 g/mol. The molecule has 0 unspecified atom stereocenters. The van der Waals surface area contributed by atoms with Crippen molar-refractivity contribution in [3.63, 3.8) is 0 Å². The SMILES string of the molecule is CC(C)N(C)CC(=O)NNC(=O)c1ccc(F)cc1. The number of benzene rings is 1. The fourth-order valence-electron chi connectivity index (χ4n) is 1.25. The molecule has 19 heavy (non-hydrogen) atoms. The van der Waals surface area contributed by atoms with E-state index in [0.717, 1.165) is 0 Å². The number of carbonyl (C=O) groups is 2. The summed E-state index contributed by atoms with van der Waals surface area (Å²) in [6.45, 7) is 4.11. The number of rotatable bonds is 4. The van der Waals surface area contributed by atoms with E-state index >= 15 is 0 Å². The van der Waals surface area contributed by atoms with E-state index in [-0.39, 0.29) is 24.1 Å². The second-order valence-corrected chi connectivity index (χ2v) is 4.52. The van der Waals surface area contributed by atoms with Crippen molar-refractivity contribution >= 4 is 11.8 Å². The molecule has 0 atom stereocenters. The van der Waals surface area contributed by atoms with Crippen molar-refractivity contribution in [1.29, 1.82) is 0 Å². The zero-order valence-corrected chi connectivity index (χ0v) is 11.2. The highest BCUT2D eigenvalue weighted by molar-refractivity contribution is 5.95. The molecule has 0 saturated heterocycles. The Morgan fingerprint density at radius 1 is 1.21 bits per heavy atom. The highest BCUT2D eigenvalue weighted by Gasteiger charge is 2.11. The van der Waals surface area contributed by atoms with Crippen LogP contribution in [-0.4, -0.2) is 36.3 Å². The topological polar surface area (TPSA) is 61.4 Å². The molecule has 1 aromatic rings. The Morgan fingerprint density at radius 2 is 1.79 bits per heavy atom. The number of hydrazine groups is 1. The van der Waals surface area contributed by atoms with Gasteiger partial charge in [-0.2, -0.15) is 0 Å². The minimum atomic E-state index is -0.486. The number of halogens is 1. The van der Waals surface area contributed by atoms with Crippen molar-refractivity contribution in [2.45, 2.75) is 19.9 Å². The first-order valence-corrected chi connectivity index (χ1v) is 5.95. The summed E-state index contributed by atoms with van der Waals surface area (Å²) >= 11 is 0. The summed E-state index contributed by atoms with van der Waals surface area (Å²) in [5.74, 6) is -1.22. The fraction of sp³-hybridized carbons (Fsp3) is 0.385. The van der Waals surface area contributed by atoms with E-state index in [2.05, 4.69) is 10.9 Å². The van der Waals surface area contributed by atoms with Crippen molar-refractivity contribution in [2.24, 2.45) is 0 Å². The van der Waals surface area contributed by atoms with Gasteiger partial charge in [-0.25, -0.2) is 4.39 Å². The maximum atomic E-state index is 12.7. The maximum Gasteiger partial charge on any atom is 0.269 e. The van der Waals surface area contributed by atoms with E-state index in [4.69, 9.17) is 0 Å². The number of likely N-dealkylation sites (N-methyl/N-ethyl adjacent to an activating group) is 1. The second kappa shape index (κ2) is 6.84. The molecule has 0 radical (unpaired) electrons. The third-order valence-corrected chi connectivity index (χ3v) is 2.70. The van der Waals surface area contributed by atoms with Crippen LogP contribution in [0.1, 0.15) is 24.2 Å². The van der Waals surface area contributed by atoms with Gasteiger partial charge in [-0.1, -0.05) is 0 Å². The fourth-order valence-corrected chi connectivity index (χ4v) is 1.25. The third kappa shape index (κ3) is 5.05. The summed E-state index contributed by atoms with van der Waals surface area (Å²) in [7, 11) is 1.81. The van der Waals surface area contributed by atoms with Gasteiger partial charge in [0, 0.05) is 11.6 Å². The number of nitrogens with zero attached hydrogens (tertiary/aromatic N) is 1. The normalized spacial score (nSPS) is 10.6. The van der Waals surface area contributed by atoms with Gasteiger partial charge in [0.25, 0.3) is 11.8 Å². The smallest absolute Gasteiger partial charge is 0.269 e. The molecule has 2 N–H and O–H groups in total. The zero-order chi connectivity index (χ0) is 14.4. The first-order valence-electron chi connectivity index (χ1n) is 5.95. The predicted octanol–water partition coefficient (Wildman–Crippen LogP) is 0.927. The lowest BCUT2D eigenvalue weighted by molar-refractivity contribution is -0.123. The first-order chi connectivity index (χ1) is 8.90. The van der Waals surface area contributed by atoms with Crippen molar-refractivity contribution in [1.82, 2.24) is 15.8 Å². The zero-order valence-electron chi connectivity index (χ0n) is 11.2. The van der Waals surface area contributed by atoms with Crippen LogP contribution >= 0.6 is 0 Å². The molecule has 2 amide bonds. The lowest BCUT2D eigenvalue weighted by Crippen LogP contribution is -2.46. The van der Waals surface area contributed by atoms with E-state index in [1.807, 2.05) is 25.8 Å². The summed E-state index contributed by atoms with van der Waals surface area (Å²) < 4.78 is 12.7. The summed E-state index contributed by atoms with van der Waals surface area (Å²) in [4.78, 5) is 25.0. The molecule has 0 saturated carbocycles. The number of carbonyl (C=O) groups excluding carboxylic acids is 2. The minimum absolute atomic E-state index is 0.182. The Kier molecular flexibility index (Phi) is 5.44. The Morgan fingerprint density at radius 3 is 2.32 bits per heavy atom. The summed E-state index contributed by atoms with van der Waals surface area (Å²) in [5.41, 5.74) is 4.86. The highest BCUT2D eigenvalue weighted by atomic mass is 19.1. The molecular formula is C13H18FN3O2. The van der Waals surface area contributed by atoms with Crippen LogP contribution in [0.2, 0.25) is 0 Å². The van der Waals surface area contributed by atoms with E-state index < -0.39 is 11.7 Å². The Hall–Kier alpha value is -1.95. The highest BCUT2D eigenvalue weighted by Crippen LogP contribution is 2.01. The summed E-state index contributed by atoms with van der Waals surface area (Å²) in [6, 6.07) is 5.29. The van der Waals surface area contributed by atoms with Gasteiger partial charge in [-0.3, -0.25) is 25.3 Å². The lowest BCUT2D eigenvalue weighted by atomic mass is 10.2. The van der Waals surface area contributed by atoms with Crippen LogP contribution in [0.15, 0.2) is 24.3 Å². The van der Waals surface area contributed by atoms with Gasteiger partial charge in [-0.15, -0.1) is 0 Å². The van der Waals surface area contributed by atoms with Crippen LogP contribution in [-0.2, 0) is 4.79 Å². The Bertz CT molecular complexity index is 446. The maximum absolute atomic E-state index is 12.7. The van der Waals surface area contributed by atoms with Gasteiger partial charge in [0.15, 0.2) is 0 Å². The van der Waals surface area contributed by atoms with Crippen LogP contribution < -0.4 is 10.9 Å². The van der Waals surface area contributed by atoms with Gasteiger partial charge in [0.2, 0.25) is 0 Å². The van der Waals surface area contributed by atoms with Gasteiger partial charge < -0.3 is 0 Å². The number of hydrogen-bond donors (Lipinski definition) is 2. The Labute approximate surface area is 111 Å². The van der Waals surface area contributed by atoms with E-state index in [1.54, 1.807) is 0 Å².